The Hall–Kier alpha value is -1.30. The molecule has 0 aliphatic carbocycles. The van der Waals surface area contributed by atoms with Gasteiger partial charge in [0.25, 0.3) is 0 Å². The quantitative estimate of drug-likeness (QED) is 0.809. The molecule has 2 atom stereocenters. The van der Waals surface area contributed by atoms with Crippen molar-refractivity contribution in [3.63, 3.8) is 0 Å². The van der Waals surface area contributed by atoms with Crippen molar-refractivity contribution in [2.75, 3.05) is 26.2 Å². The maximum absolute atomic E-state index is 12.3. The fourth-order valence-electron chi connectivity index (χ4n) is 2.63. The highest BCUT2D eigenvalue weighted by atomic mass is 16.6. The Bertz CT molecular complexity index is 404. The van der Waals surface area contributed by atoms with Gasteiger partial charge in [0, 0.05) is 32.2 Å². The lowest BCUT2D eigenvalue weighted by molar-refractivity contribution is -0.127. The van der Waals surface area contributed by atoms with E-state index in [0.717, 1.165) is 6.42 Å². The van der Waals surface area contributed by atoms with E-state index in [1.54, 1.807) is 4.90 Å². The topological polar surface area (TPSA) is 78.9 Å². The molecule has 1 rings (SSSR count). The second-order valence-electron chi connectivity index (χ2n) is 7.84. The van der Waals surface area contributed by atoms with Crippen LogP contribution in [0.15, 0.2) is 0 Å². The molecule has 0 aromatic carbocycles. The molecule has 23 heavy (non-hydrogen) atoms. The number of nitrogens with zero attached hydrogens (tertiary/aromatic N) is 1. The van der Waals surface area contributed by atoms with Crippen molar-refractivity contribution in [3.8, 4) is 0 Å². The lowest BCUT2D eigenvalue weighted by Gasteiger charge is -2.37. The second-order valence-corrected chi connectivity index (χ2v) is 7.84. The van der Waals surface area contributed by atoms with Crippen molar-refractivity contribution >= 4 is 12.0 Å². The molecule has 2 N–H and O–H groups in total. The molecule has 0 saturated carbocycles. The Balaban J connectivity index is 2.63. The van der Waals surface area contributed by atoms with E-state index in [-0.39, 0.29) is 24.3 Å². The number of amides is 2. The minimum atomic E-state index is -0.571. The smallest absolute Gasteiger partial charge is 0.410 e. The lowest BCUT2D eigenvalue weighted by Crippen LogP contribution is -2.50. The zero-order chi connectivity index (χ0) is 17.6. The van der Waals surface area contributed by atoms with E-state index >= 15 is 0 Å². The zero-order valence-corrected chi connectivity index (χ0v) is 15.1. The Labute approximate surface area is 139 Å². The predicted molar refractivity (Wildman–Crippen MR) is 89.0 cm³/mol. The van der Waals surface area contributed by atoms with Crippen molar-refractivity contribution < 1.29 is 19.4 Å². The van der Waals surface area contributed by atoms with E-state index in [1.165, 1.54) is 0 Å². The molecular weight excluding hydrogens is 296 g/mol. The summed E-state index contributed by atoms with van der Waals surface area (Å²) in [4.78, 5) is 26.1. The first kappa shape index (κ1) is 19.7. The third-order valence-corrected chi connectivity index (χ3v) is 3.84. The molecule has 1 aliphatic rings. The van der Waals surface area contributed by atoms with E-state index in [1.807, 2.05) is 20.8 Å². The van der Waals surface area contributed by atoms with Gasteiger partial charge in [-0.3, -0.25) is 4.79 Å². The van der Waals surface area contributed by atoms with E-state index in [0.29, 0.717) is 32.0 Å². The number of rotatable bonds is 5. The van der Waals surface area contributed by atoms with Crippen LogP contribution in [0.5, 0.6) is 0 Å². The molecule has 1 fully saturated rings. The number of hydrogen-bond donors (Lipinski definition) is 2. The number of hydrogen-bond acceptors (Lipinski definition) is 4. The summed E-state index contributed by atoms with van der Waals surface area (Å²) in [5.41, 5.74) is -0.571. The van der Waals surface area contributed by atoms with Gasteiger partial charge < -0.3 is 20.1 Å². The average molecular weight is 328 g/mol. The molecule has 0 unspecified atom stereocenters. The van der Waals surface area contributed by atoms with Crippen LogP contribution in [0.25, 0.3) is 0 Å². The van der Waals surface area contributed by atoms with Gasteiger partial charge in [-0.05, 0) is 39.5 Å². The van der Waals surface area contributed by atoms with E-state index in [2.05, 4.69) is 19.2 Å². The summed E-state index contributed by atoms with van der Waals surface area (Å²) in [6.07, 6.45) is 1.11. The molecule has 0 bridgehead atoms. The molecule has 1 heterocycles. The number of carbonyl (C=O) groups excluding carboxylic acids is 2. The average Bonchev–Trinajstić information content (AvgIpc) is 2.44. The van der Waals surface area contributed by atoms with Crippen LogP contribution >= 0.6 is 0 Å². The number of aliphatic hydroxyl groups is 1. The number of carbonyl (C=O) groups is 2. The van der Waals surface area contributed by atoms with Crippen LogP contribution in [-0.2, 0) is 9.53 Å². The van der Waals surface area contributed by atoms with Gasteiger partial charge in [-0.2, -0.15) is 0 Å². The van der Waals surface area contributed by atoms with Gasteiger partial charge in [-0.15, -0.1) is 0 Å². The fraction of sp³-hybridized carbons (Fsp3) is 0.882. The van der Waals surface area contributed by atoms with Crippen LogP contribution < -0.4 is 5.32 Å². The number of likely N-dealkylation sites (tertiary alicyclic amines) is 1. The summed E-state index contributed by atoms with van der Waals surface area (Å²) >= 11 is 0. The molecule has 6 nitrogen and oxygen atoms in total. The van der Waals surface area contributed by atoms with Gasteiger partial charge in [-0.1, -0.05) is 13.8 Å². The summed E-state index contributed by atoms with van der Waals surface area (Å²) in [7, 11) is 0. The lowest BCUT2D eigenvalue weighted by atomic mass is 9.89. The maximum Gasteiger partial charge on any atom is 0.410 e. The summed E-state index contributed by atoms with van der Waals surface area (Å²) < 4.78 is 5.38. The molecular formula is C17H32N2O4. The molecule has 134 valence electrons. The normalized spacial score (nSPS) is 22.1. The second kappa shape index (κ2) is 8.52. The molecule has 0 aromatic heterocycles. The number of piperidine rings is 1. The highest BCUT2D eigenvalue weighted by Gasteiger charge is 2.35. The van der Waals surface area contributed by atoms with Crippen LogP contribution in [0.3, 0.4) is 0 Å². The summed E-state index contributed by atoms with van der Waals surface area (Å²) in [5.74, 6) is 0.111. The molecule has 0 radical (unpaired) electrons. The highest BCUT2D eigenvalue weighted by molar-refractivity contribution is 5.80. The first-order chi connectivity index (χ1) is 10.6. The maximum atomic E-state index is 12.3. The summed E-state index contributed by atoms with van der Waals surface area (Å²) in [6.45, 7) is 11.0. The van der Waals surface area contributed by atoms with Crippen LogP contribution in [0.4, 0.5) is 4.79 Å². The minimum Gasteiger partial charge on any atom is -0.444 e. The van der Waals surface area contributed by atoms with Crippen molar-refractivity contribution in [3.05, 3.63) is 0 Å². The monoisotopic (exact) mass is 328 g/mol. The van der Waals surface area contributed by atoms with Crippen molar-refractivity contribution in [1.82, 2.24) is 10.2 Å². The van der Waals surface area contributed by atoms with Crippen LogP contribution in [-0.4, -0.2) is 53.8 Å². The van der Waals surface area contributed by atoms with Crippen LogP contribution in [0.2, 0.25) is 0 Å². The Morgan fingerprint density at radius 3 is 2.48 bits per heavy atom. The molecule has 1 aliphatic heterocycles. The van der Waals surface area contributed by atoms with Gasteiger partial charge >= 0.3 is 6.09 Å². The molecule has 0 spiro atoms. The predicted octanol–water partition coefficient (Wildman–Crippen LogP) is 2.01. The molecule has 0 aromatic rings. The number of ether oxygens (including phenoxy) is 1. The zero-order valence-electron chi connectivity index (χ0n) is 15.1. The number of nitrogens with one attached hydrogen (secondary N) is 1. The highest BCUT2D eigenvalue weighted by Crippen LogP contribution is 2.23. The fourth-order valence-corrected chi connectivity index (χ4v) is 2.63. The number of aliphatic hydroxyl groups excluding tert-OH is 1. The van der Waals surface area contributed by atoms with Gasteiger partial charge in [0.1, 0.15) is 5.60 Å². The first-order valence-electron chi connectivity index (χ1n) is 8.49. The van der Waals surface area contributed by atoms with Crippen molar-refractivity contribution in [1.29, 1.82) is 0 Å². The van der Waals surface area contributed by atoms with Crippen LogP contribution in [0.1, 0.15) is 47.5 Å². The van der Waals surface area contributed by atoms with Crippen molar-refractivity contribution in [2.24, 2.45) is 17.8 Å². The summed E-state index contributed by atoms with van der Waals surface area (Å²) in [6, 6.07) is 0. The van der Waals surface area contributed by atoms with Crippen LogP contribution in [0, 0.1) is 17.8 Å². The van der Waals surface area contributed by atoms with Gasteiger partial charge in [0.05, 0.1) is 5.92 Å². The molecule has 2 amide bonds. The molecule has 1 saturated heterocycles. The van der Waals surface area contributed by atoms with E-state index in [9.17, 15) is 14.7 Å². The van der Waals surface area contributed by atoms with Gasteiger partial charge in [0.2, 0.25) is 5.91 Å². The minimum absolute atomic E-state index is 0.0327. The van der Waals surface area contributed by atoms with E-state index < -0.39 is 11.7 Å². The largest absolute Gasteiger partial charge is 0.444 e. The van der Waals surface area contributed by atoms with Gasteiger partial charge in [-0.25, -0.2) is 4.79 Å². The van der Waals surface area contributed by atoms with Crippen molar-refractivity contribution in [2.45, 2.75) is 53.1 Å². The van der Waals surface area contributed by atoms with E-state index in [4.69, 9.17) is 4.74 Å². The Morgan fingerprint density at radius 1 is 1.30 bits per heavy atom. The standard InChI is InChI=1S/C17H32N2O4/c1-12(2)6-7-18-15(21)14-8-13(11-20)9-19(10-14)16(22)23-17(3,4)5/h12-14,20H,6-11H2,1-5H3,(H,18,21)/t13-,14-/m0/s1. The Kier molecular flexibility index (Phi) is 7.32. The first-order valence-corrected chi connectivity index (χ1v) is 8.49. The Morgan fingerprint density at radius 2 is 1.96 bits per heavy atom. The third-order valence-electron chi connectivity index (χ3n) is 3.84. The summed E-state index contributed by atoms with van der Waals surface area (Å²) in [5, 5.41) is 12.4. The van der Waals surface area contributed by atoms with Gasteiger partial charge in [0.15, 0.2) is 0 Å². The SMILES string of the molecule is CC(C)CCNC(=O)[C@H]1C[C@H](CO)CN(C(=O)OC(C)(C)C)C1. The molecule has 6 heteroatoms. The third kappa shape index (κ3) is 7.20.